The van der Waals surface area contributed by atoms with Crippen LogP contribution in [0, 0.1) is 0 Å². The van der Waals surface area contributed by atoms with Gasteiger partial charge in [0.2, 0.25) is 11.5 Å². The van der Waals surface area contributed by atoms with Crippen molar-refractivity contribution in [1.29, 1.82) is 0 Å². The van der Waals surface area contributed by atoms with Crippen molar-refractivity contribution in [2.45, 2.75) is 264 Å². The maximum Gasteiger partial charge on any atom is 0.203 e. The summed E-state index contributed by atoms with van der Waals surface area (Å²) in [7, 11) is 0. The zero-order valence-corrected chi connectivity index (χ0v) is 42.6. The number of benzene rings is 2. The quantitative estimate of drug-likeness (QED) is 0.0491. The number of fused-ring (bicyclic) bond motifs is 1. The molecule has 63 heavy (non-hydrogen) atoms. The summed E-state index contributed by atoms with van der Waals surface area (Å²) in [6.45, 7) is 13.3. The number of Topliss-reactive ketones (excluding diaryl/α,β-unsaturated/α-hetero) is 1. The van der Waals surface area contributed by atoms with Crippen molar-refractivity contribution in [3.05, 3.63) is 51.9 Å². The molecule has 1 heterocycles. The van der Waals surface area contributed by atoms with E-state index in [9.17, 15) is 4.79 Å². The normalized spacial score (nSPS) is 13.5. The van der Waals surface area contributed by atoms with E-state index < -0.39 is 0 Å². The van der Waals surface area contributed by atoms with E-state index in [4.69, 9.17) is 14.2 Å². The van der Waals surface area contributed by atoms with Crippen LogP contribution in [0.4, 0.5) is 0 Å². The Morgan fingerprint density at radius 3 is 1.33 bits per heavy atom. The van der Waals surface area contributed by atoms with E-state index in [-0.39, 0.29) is 5.78 Å². The summed E-state index contributed by atoms with van der Waals surface area (Å²) >= 11 is 1.68. The third kappa shape index (κ3) is 23.1. The third-order valence-corrected chi connectivity index (χ3v) is 14.2. The van der Waals surface area contributed by atoms with Gasteiger partial charge < -0.3 is 14.2 Å². The average molecular weight is 889 g/mol. The SMILES string of the molecule is CCCCCCCCCCCCCCCCCCC(CCC)c1cccc2c1SC(=Cc1cc(OCCCCCCC)c(OCCCCCCC)c(OCCCCCCC)c1)C2=O. The molecule has 0 saturated heterocycles. The number of carbonyl (C=O) groups excluding carboxylic acids is 1. The molecule has 1 unspecified atom stereocenters. The molecule has 0 aromatic heterocycles. The maximum absolute atomic E-state index is 14.2. The Balaban J connectivity index is 1.67. The van der Waals surface area contributed by atoms with Gasteiger partial charge in [-0.2, -0.15) is 0 Å². The fourth-order valence-electron chi connectivity index (χ4n) is 9.14. The first kappa shape index (κ1) is 54.9. The van der Waals surface area contributed by atoms with Crippen LogP contribution in [-0.4, -0.2) is 25.6 Å². The van der Waals surface area contributed by atoms with Crippen molar-refractivity contribution in [1.82, 2.24) is 0 Å². The van der Waals surface area contributed by atoms with E-state index in [1.165, 1.54) is 190 Å². The van der Waals surface area contributed by atoms with Gasteiger partial charge >= 0.3 is 0 Å². The second-order valence-electron chi connectivity index (χ2n) is 18.9. The molecule has 0 saturated carbocycles. The molecule has 0 fully saturated rings. The van der Waals surface area contributed by atoms with Gasteiger partial charge in [0.15, 0.2) is 11.5 Å². The first-order chi connectivity index (χ1) is 31.1. The van der Waals surface area contributed by atoms with Crippen molar-refractivity contribution < 1.29 is 19.0 Å². The van der Waals surface area contributed by atoms with Crippen LogP contribution in [-0.2, 0) is 0 Å². The average Bonchev–Trinajstić information content (AvgIpc) is 3.61. The molecular weight excluding hydrogens is 793 g/mol. The van der Waals surface area contributed by atoms with E-state index in [1.54, 1.807) is 11.8 Å². The molecule has 4 nitrogen and oxygen atoms in total. The highest BCUT2D eigenvalue weighted by Gasteiger charge is 2.30. The fourth-order valence-corrected chi connectivity index (χ4v) is 10.4. The van der Waals surface area contributed by atoms with Gasteiger partial charge in [0.05, 0.1) is 24.7 Å². The third-order valence-electron chi connectivity index (χ3n) is 13.1. The zero-order valence-electron chi connectivity index (χ0n) is 41.7. The van der Waals surface area contributed by atoms with Crippen molar-refractivity contribution in [2.24, 2.45) is 0 Å². The van der Waals surface area contributed by atoms with E-state index in [1.807, 2.05) is 6.07 Å². The highest BCUT2D eigenvalue weighted by molar-refractivity contribution is 8.05. The van der Waals surface area contributed by atoms with Gasteiger partial charge in [0, 0.05) is 10.5 Å². The number of hydrogen-bond acceptors (Lipinski definition) is 5. The molecule has 1 aliphatic heterocycles. The highest BCUT2D eigenvalue weighted by atomic mass is 32.2. The van der Waals surface area contributed by atoms with Crippen molar-refractivity contribution in [3.8, 4) is 17.2 Å². The molecule has 0 radical (unpaired) electrons. The standard InChI is InChI=1S/C58H96O4S/c1-6-11-15-19-20-21-22-23-24-25-26-27-28-29-30-34-40-50(39-10-5)51-41-38-42-52-56(59)55(63-58(51)52)48-49-46-53(60-43-35-31-16-12-7-2)57(62-45-37-33-18-14-9-4)54(47-49)61-44-36-32-17-13-8-3/h38,41-42,46-48,50H,6-37,39-40,43-45H2,1-5H3. The molecule has 0 bridgehead atoms. The van der Waals surface area contributed by atoms with Crippen LogP contribution >= 0.6 is 11.8 Å². The molecule has 2 aromatic rings. The summed E-state index contributed by atoms with van der Waals surface area (Å²) in [5.41, 5.74) is 3.18. The van der Waals surface area contributed by atoms with Gasteiger partial charge in [-0.05, 0) is 73.4 Å². The first-order valence-corrected chi connectivity index (χ1v) is 28.0. The molecule has 0 amide bonds. The lowest BCUT2D eigenvalue weighted by molar-refractivity contribution is 0.104. The van der Waals surface area contributed by atoms with Crippen molar-refractivity contribution in [3.63, 3.8) is 0 Å². The van der Waals surface area contributed by atoms with Crippen LogP contribution < -0.4 is 14.2 Å². The number of ketones is 1. The largest absolute Gasteiger partial charge is 0.490 e. The Morgan fingerprint density at radius 2 is 0.889 bits per heavy atom. The predicted molar refractivity (Wildman–Crippen MR) is 276 cm³/mol. The van der Waals surface area contributed by atoms with Gasteiger partial charge in [0.1, 0.15) is 0 Å². The van der Waals surface area contributed by atoms with Crippen molar-refractivity contribution >= 4 is 23.6 Å². The summed E-state index contributed by atoms with van der Waals surface area (Å²) in [5.74, 6) is 2.83. The lowest BCUT2D eigenvalue weighted by Crippen LogP contribution is -2.07. The van der Waals surface area contributed by atoms with Crippen LogP contribution in [0.5, 0.6) is 17.2 Å². The summed E-state index contributed by atoms with van der Waals surface area (Å²) in [6, 6.07) is 10.7. The Kier molecular flexibility index (Phi) is 32.1. The molecule has 0 N–H and O–H groups in total. The number of rotatable bonds is 42. The van der Waals surface area contributed by atoms with E-state index in [2.05, 4.69) is 65.0 Å². The molecule has 0 aliphatic carbocycles. The predicted octanol–water partition coefficient (Wildman–Crippen LogP) is 19.6. The number of carbonyl (C=O) groups is 1. The Bertz CT molecular complexity index is 1440. The summed E-state index contributed by atoms with van der Waals surface area (Å²) in [5, 5.41) is 0. The highest BCUT2D eigenvalue weighted by Crippen LogP contribution is 2.48. The summed E-state index contributed by atoms with van der Waals surface area (Å²) in [6.07, 6.45) is 45.7. The number of hydrogen-bond donors (Lipinski definition) is 0. The molecule has 1 atom stereocenters. The van der Waals surface area contributed by atoms with Crippen LogP contribution in [0.3, 0.4) is 0 Å². The zero-order chi connectivity index (χ0) is 45.0. The van der Waals surface area contributed by atoms with Crippen molar-refractivity contribution in [2.75, 3.05) is 19.8 Å². The van der Waals surface area contributed by atoms with E-state index >= 15 is 0 Å². The molecule has 5 heteroatoms. The Morgan fingerprint density at radius 1 is 0.476 bits per heavy atom. The molecule has 1 aliphatic rings. The van der Waals surface area contributed by atoms with Gasteiger partial charge in [0.25, 0.3) is 0 Å². The van der Waals surface area contributed by atoms with E-state index in [0.717, 1.165) is 71.8 Å². The van der Waals surface area contributed by atoms with E-state index in [0.29, 0.717) is 25.7 Å². The van der Waals surface area contributed by atoms with Crippen LogP contribution in [0.15, 0.2) is 40.1 Å². The fraction of sp³-hybridized carbons (Fsp3) is 0.741. The molecule has 2 aromatic carbocycles. The number of allylic oxidation sites excluding steroid dienone is 1. The van der Waals surface area contributed by atoms with Gasteiger partial charge in [-0.1, -0.05) is 245 Å². The van der Waals surface area contributed by atoms with Crippen LogP contribution in [0.2, 0.25) is 0 Å². The Hall–Kier alpha value is -2.40. The lowest BCUT2D eigenvalue weighted by atomic mass is 9.88. The minimum absolute atomic E-state index is 0.138. The lowest BCUT2D eigenvalue weighted by Gasteiger charge is -2.19. The topological polar surface area (TPSA) is 44.8 Å². The number of unbranched alkanes of at least 4 members (excludes halogenated alkanes) is 27. The number of ether oxygens (including phenoxy) is 3. The monoisotopic (exact) mass is 889 g/mol. The summed E-state index contributed by atoms with van der Waals surface area (Å²) < 4.78 is 19.7. The first-order valence-electron chi connectivity index (χ1n) is 27.2. The molecular formula is C58H96O4S. The molecule has 0 spiro atoms. The van der Waals surface area contributed by atoms with Crippen LogP contribution in [0.1, 0.15) is 280 Å². The van der Waals surface area contributed by atoms with Gasteiger partial charge in [-0.15, -0.1) is 0 Å². The van der Waals surface area contributed by atoms with Gasteiger partial charge in [-0.25, -0.2) is 0 Å². The second kappa shape index (κ2) is 36.8. The molecule has 3 rings (SSSR count). The number of thioether (sulfide) groups is 1. The minimum Gasteiger partial charge on any atom is -0.490 e. The van der Waals surface area contributed by atoms with Gasteiger partial charge in [-0.3, -0.25) is 4.79 Å². The molecule has 358 valence electrons. The Labute approximate surface area is 393 Å². The maximum atomic E-state index is 14.2. The van der Waals surface area contributed by atoms with Crippen LogP contribution in [0.25, 0.3) is 6.08 Å². The second-order valence-corrected chi connectivity index (χ2v) is 19.9. The minimum atomic E-state index is 0.138. The summed E-state index contributed by atoms with van der Waals surface area (Å²) in [4.78, 5) is 16.1. The smallest absolute Gasteiger partial charge is 0.203 e.